The number of nitro groups is 1. The summed E-state index contributed by atoms with van der Waals surface area (Å²) in [5.41, 5.74) is 9.02. The van der Waals surface area contributed by atoms with E-state index in [1.807, 2.05) is 13.0 Å². The van der Waals surface area contributed by atoms with E-state index in [0.717, 1.165) is 11.9 Å². The molecule has 32 heavy (non-hydrogen) atoms. The zero-order valence-corrected chi connectivity index (χ0v) is 16.7. The quantitative estimate of drug-likeness (QED) is 0.220. The first-order chi connectivity index (χ1) is 15.5. The average Bonchev–Trinajstić information content (AvgIpc) is 3.29. The minimum absolute atomic E-state index is 0.0715. The Morgan fingerprint density at radius 3 is 2.91 bits per heavy atom. The number of nitrogen functional groups attached to an aromatic ring is 1. The molecule has 0 aliphatic heterocycles. The Morgan fingerprint density at radius 2 is 2.16 bits per heavy atom. The van der Waals surface area contributed by atoms with Crippen LogP contribution in [0.5, 0.6) is 0 Å². The lowest BCUT2D eigenvalue weighted by Gasteiger charge is -2.11. The van der Waals surface area contributed by atoms with E-state index in [-0.39, 0.29) is 28.4 Å². The van der Waals surface area contributed by atoms with Gasteiger partial charge in [0, 0.05) is 6.20 Å². The number of nitrogens with two attached hydrogens (primary N) is 1. The number of anilines is 3. The monoisotopic (exact) mass is 435 g/mol. The van der Waals surface area contributed by atoms with Crippen LogP contribution in [0.4, 0.5) is 23.1 Å². The fourth-order valence-electron chi connectivity index (χ4n) is 2.93. The Balaban J connectivity index is 1.71. The number of hydrogen-bond acceptors (Lipinski definition) is 11. The number of hydrogen-bond donors (Lipinski definition) is 3. The van der Waals surface area contributed by atoms with Gasteiger partial charge in [0.2, 0.25) is 6.33 Å². The molecule has 0 bridgehead atoms. The van der Waals surface area contributed by atoms with E-state index in [0.29, 0.717) is 18.0 Å². The molecule has 4 aromatic rings. The molecule has 0 aliphatic carbocycles. The van der Waals surface area contributed by atoms with Crippen molar-refractivity contribution in [1.29, 1.82) is 0 Å². The molecule has 0 unspecified atom stereocenters. The van der Waals surface area contributed by atoms with Gasteiger partial charge in [-0.2, -0.15) is 10.1 Å². The number of nitrogens with zero attached hydrogens (tertiary/aromatic N) is 6. The fourth-order valence-corrected chi connectivity index (χ4v) is 2.93. The third-order valence-corrected chi connectivity index (χ3v) is 4.49. The average molecular weight is 435 g/mol. The van der Waals surface area contributed by atoms with Crippen LogP contribution in [0.2, 0.25) is 0 Å². The highest BCUT2D eigenvalue weighted by Gasteiger charge is 2.18. The maximum absolute atomic E-state index is 13.1. The van der Waals surface area contributed by atoms with E-state index in [4.69, 9.17) is 10.2 Å². The molecule has 0 atom stereocenters. The van der Waals surface area contributed by atoms with Gasteiger partial charge in [0.15, 0.2) is 11.5 Å². The lowest BCUT2D eigenvalue weighted by Crippen LogP contribution is -2.23. The zero-order valence-electron chi connectivity index (χ0n) is 16.7. The van der Waals surface area contributed by atoms with Crippen molar-refractivity contribution in [3.05, 3.63) is 80.4 Å². The number of hydrazone groups is 1. The van der Waals surface area contributed by atoms with Crippen LogP contribution in [0, 0.1) is 17.0 Å². The molecule has 0 radical (unpaired) electrons. The number of aryl methyl sites for hydroxylation is 1. The maximum atomic E-state index is 13.1. The highest BCUT2D eigenvalue weighted by Crippen LogP contribution is 2.24. The van der Waals surface area contributed by atoms with Gasteiger partial charge < -0.3 is 25.6 Å². The van der Waals surface area contributed by atoms with Crippen molar-refractivity contribution in [2.45, 2.75) is 13.5 Å². The second kappa shape index (κ2) is 8.51. The van der Waals surface area contributed by atoms with Crippen LogP contribution in [0.25, 0.3) is 5.65 Å². The molecular formula is C19H17N9O4. The van der Waals surface area contributed by atoms with Crippen molar-refractivity contribution in [1.82, 2.24) is 19.4 Å². The van der Waals surface area contributed by atoms with E-state index < -0.39 is 10.7 Å². The summed E-state index contributed by atoms with van der Waals surface area (Å²) in [4.78, 5) is 35.3. The number of aromatic nitrogens is 4. The second-order valence-corrected chi connectivity index (χ2v) is 6.58. The molecule has 4 rings (SSSR count). The Bertz CT molecular complexity index is 1380. The third-order valence-electron chi connectivity index (χ3n) is 4.49. The Kier molecular flexibility index (Phi) is 5.44. The summed E-state index contributed by atoms with van der Waals surface area (Å²) < 4.78 is 6.72. The number of nitrogens with one attached hydrogen (secondary N) is 2. The lowest BCUT2D eigenvalue weighted by atomic mass is 10.2. The molecule has 0 aliphatic rings. The predicted molar refractivity (Wildman–Crippen MR) is 117 cm³/mol. The van der Waals surface area contributed by atoms with Crippen LogP contribution < -0.4 is 22.0 Å². The van der Waals surface area contributed by atoms with Crippen molar-refractivity contribution < 1.29 is 9.34 Å². The summed E-state index contributed by atoms with van der Waals surface area (Å²) in [6.07, 6.45) is 5.37. The first-order valence-electron chi connectivity index (χ1n) is 9.28. The zero-order chi connectivity index (χ0) is 22.7. The van der Waals surface area contributed by atoms with Crippen LogP contribution in [-0.2, 0) is 6.54 Å². The molecule has 4 heterocycles. The SMILES string of the molecule is Cc1cccn2c(=O)c(/C=N/Nc3ncnc([N+](=O)[O-])c3N)c(NCc3ccco3)nc12. The van der Waals surface area contributed by atoms with Gasteiger partial charge in [-0.15, -0.1) is 0 Å². The summed E-state index contributed by atoms with van der Waals surface area (Å²) in [7, 11) is 0. The first kappa shape index (κ1) is 20.5. The highest BCUT2D eigenvalue weighted by atomic mass is 16.6. The summed E-state index contributed by atoms with van der Waals surface area (Å²) in [5.74, 6) is 0.311. The smallest absolute Gasteiger partial charge is 0.392 e. The summed E-state index contributed by atoms with van der Waals surface area (Å²) in [5, 5.41) is 18.0. The molecule has 0 amide bonds. The number of rotatable bonds is 7. The lowest BCUT2D eigenvalue weighted by molar-refractivity contribution is -0.388. The fraction of sp³-hybridized carbons (Fsp3) is 0.105. The molecule has 13 heteroatoms. The molecular weight excluding hydrogens is 418 g/mol. The standard InChI is InChI=1S/C19H17N9O4/c1-11-4-2-6-27-17(11)25-15(21-8-12-5-3-7-32-12)13(19(27)29)9-24-26-16-14(20)18(28(30)31)23-10-22-16/h2-7,9-10,21H,8,20H2,1H3,(H,22,23,26)/b24-9+. The maximum Gasteiger partial charge on any atom is 0.392 e. The van der Waals surface area contributed by atoms with Crippen molar-refractivity contribution >= 4 is 35.0 Å². The first-order valence-corrected chi connectivity index (χ1v) is 9.28. The van der Waals surface area contributed by atoms with Crippen LogP contribution in [0.15, 0.2) is 57.4 Å². The number of fused-ring (bicyclic) bond motifs is 1. The van der Waals surface area contributed by atoms with Crippen molar-refractivity contribution in [2.24, 2.45) is 5.10 Å². The molecule has 4 N–H and O–H groups in total. The number of pyridine rings is 1. The minimum atomic E-state index is -0.732. The van der Waals surface area contributed by atoms with E-state index in [1.165, 1.54) is 10.6 Å². The number of furan rings is 1. The Morgan fingerprint density at radius 1 is 1.31 bits per heavy atom. The molecule has 13 nitrogen and oxygen atoms in total. The van der Waals surface area contributed by atoms with Gasteiger partial charge >= 0.3 is 5.82 Å². The van der Waals surface area contributed by atoms with E-state index in [1.54, 1.807) is 30.7 Å². The van der Waals surface area contributed by atoms with Gasteiger partial charge in [0.1, 0.15) is 22.8 Å². The summed E-state index contributed by atoms with van der Waals surface area (Å²) in [6, 6.07) is 7.12. The van der Waals surface area contributed by atoms with Crippen molar-refractivity contribution in [3.8, 4) is 0 Å². The molecule has 0 spiro atoms. The third kappa shape index (κ3) is 3.94. The van der Waals surface area contributed by atoms with E-state index in [9.17, 15) is 14.9 Å². The highest BCUT2D eigenvalue weighted by molar-refractivity contribution is 5.87. The van der Waals surface area contributed by atoms with Gasteiger partial charge in [-0.05, 0) is 40.6 Å². The van der Waals surface area contributed by atoms with Crippen LogP contribution in [0.1, 0.15) is 16.9 Å². The van der Waals surface area contributed by atoms with Gasteiger partial charge in [-0.25, -0.2) is 4.98 Å². The normalized spacial score (nSPS) is 11.2. The molecule has 162 valence electrons. The molecule has 0 aromatic carbocycles. The van der Waals surface area contributed by atoms with Gasteiger partial charge in [0.25, 0.3) is 5.56 Å². The molecule has 0 fully saturated rings. The topological polar surface area (TPSA) is 179 Å². The Hall–Kier alpha value is -4.81. The van der Waals surface area contributed by atoms with Crippen LogP contribution in [-0.4, -0.2) is 30.5 Å². The molecule has 0 saturated heterocycles. The largest absolute Gasteiger partial charge is 0.467 e. The molecule has 0 saturated carbocycles. The van der Waals surface area contributed by atoms with Crippen molar-refractivity contribution in [3.63, 3.8) is 0 Å². The van der Waals surface area contributed by atoms with E-state index in [2.05, 4.69) is 30.8 Å². The van der Waals surface area contributed by atoms with E-state index >= 15 is 0 Å². The van der Waals surface area contributed by atoms with Crippen LogP contribution in [0.3, 0.4) is 0 Å². The van der Waals surface area contributed by atoms with Gasteiger partial charge in [-0.3, -0.25) is 14.6 Å². The van der Waals surface area contributed by atoms with Gasteiger partial charge in [-0.1, -0.05) is 6.07 Å². The van der Waals surface area contributed by atoms with Crippen molar-refractivity contribution in [2.75, 3.05) is 16.5 Å². The predicted octanol–water partition coefficient (Wildman–Crippen LogP) is 1.93. The van der Waals surface area contributed by atoms with Gasteiger partial charge in [0.05, 0.1) is 19.0 Å². The summed E-state index contributed by atoms with van der Waals surface area (Å²) in [6.45, 7) is 2.14. The summed E-state index contributed by atoms with van der Waals surface area (Å²) >= 11 is 0. The Labute approximate surface area is 179 Å². The minimum Gasteiger partial charge on any atom is -0.467 e. The second-order valence-electron chi connectivity index (χ2n) is 6.58. The molecule has 4 aromatic heterocycles. The van der Waals surface area contributed by atoms with Crippen LogP contribution >= 0.6 is 0 Å².